The number of aromatic nitrogens is 2. The van der Waals surface area contributed by atoms with Crippen LogP contribution in [0.1, 0.15) is 35.8 Å². The predicted octanol–water partition coefficient (Wildman–Crippen LogP) is 3.96. The Bertz CT molecular complexity index is 908. The Kier molecular flexibility index (Phi) is 5.21. The highest BCUT2D eigenvalue weighted by molar-refractivity contribution is 6.34. The fourth-order valence-corrected chi connectivity index (χ4v) is 4.89. The maximum absolute atomic E-state index is 12.7. The van der Waals surface area contributed by atoms with Crippen molar-refractivity contribution < 1.29 is 9.59 Å². The summed E-state index contributed by atoms with van der Waals surface area (Å²) in [7, 11) is 0. The monoisotopic (exact) mass is 420 g/mol. The van der Waals surface area contributed by atoms with Crippen molar-refractivity contribution in [3.05, 3.63) is 51.8 Å². The number of hydrogen-bond donors (Lipinski definition) is 0. The van der Waals surface area contributed by atoms with Crippen molar-refractivity contribution in [3.8, 4) is 0 Å². The number of carbonyl (C=O) groups is 2. The van der Waals surface area contributed by atoms with Gasteiger partial charge >= 0.3 is 6.03 Å². The molecule has 4 rings (SSSR count). The molecule has 1 aromatic heterocycles. The van der Waals surface area contributed by atoms with E-state index in [1.807, 2.05) is 17.0 Å². The largest absolute Gasteiger partial charge is 0.344 e. The summed E-state index contributed by atoms with van der Waals surface area (Å²) >= 11 is 12.2. The Morgan fingerprint density at radius 2 is 1.82 bits per heavy atom. The number of rotatable bonds is 3. The van der Waals surface area contributed by atoms with Gasteiger partial charge in [0.1, 0.15) is 5.69 Å². The molecule has 2 saturated heterocycles. The fraction of sp³-hybridized carbons (Fsp3) is 0.450. The van der Waals surface area contributed by atoms with Crippen LogP contribution >= 0.6 is 23.2 Å². The molecule has 6 nitrogen and oxygen atoms in total. The molecular weight excluding hydrogens is 399 g/mol. The lowest BCUT2D eigenvalue weighted by atomic mass is 9.86. The van der Waals surface area contributed by atoms with Crippen molar-refractivity contribution in [2.45, 2.75) is 26.3 Å². The van der Waals surface area contributed by atoms with Gasteiger partial charge in [-0.2, -0.15) is 9.78 Å². The molecule has 2 aliphatic rings. The van der Waals surface area contributed by atoms with Crippen LogP contribution in [0.4, 0.5) is 4.79 Å². The molecule has 1 spiro atoms. The molecule has 3 heterocycles. The van der Waals surface area contributed by atoms with Crippen LogP contribution in [-0.4, -0.2) is 57.6 Å². The summed E-state index contributed by atoms with van der Waals surface area (Å²) in [5.41, 5.74) is 1.54. The molecule has 0 bridgehead atoms. The Morgan fingerprint density at radius 1 is 1.11 bits per heavy atom. The van der Waals surface area contributed by atoms with Crippen molar-refractivity contribution in [1.29, 1.82) is 0 Å². The van der Waals surface area contributed by atoms with Gasteiger partial charge in [0, 0.05) is 54.8 Å². The number of benzene rings is 1. The van der Waals surface area contributed by atoms with Crippen molar-refractivity contribution in [2.75, 3.05) is 26.2 Å². The summed E-state index contributed by atoms with van der Waals surface area (Å²) in [6.45, 7) is 5.61. The maximum atomic E-state index is 12.7. The second kappa shape index (κ2) is 7.50. The SMILES string of the molecule is CC(=O)c1ccn(C(=O)N2CCC3(CCN(Cc4cc(Cl)cc(Cl)c4)C3)C2)n1. The van der Waals surface area contributed by atoms with Crippen LogP contribution < -0.4 is 0 Å². The van der Waals surface area contributed by atoms with E-state index in [2.05, 4.69) is 10.00 Å². The van der Waals surface area contributed by atoms with Crippen LogP contribution in [0, 0.1) is 5.41 Å². The van der Waals surface area contributed by atoms with Crippen LogP contribution in [0.3, 0.4) is 0 Å². The summed E-state index contributed by atoms with van der Waals surface area (Å²) in [6, 6.07) is 7.06. The molecule has 1 unspecified atom stereocenters. The maximum Gasteiger partial charge on any atom is 0.344 e. The van der Waals surface area contributed by atoms with Crippen molar-refractivity contribution in [2.24, 2.45) is 5.41 Å². The van der Waals surface area contributed by atoms with E-state index in [1.165, 1.54) is 11.6 Å². The highest BCUT2D eigenvalue weighted by Crippen LogP contribution is 2.40. The van der Waals surface area contributed by atoms with Crippen LogP contribution in [-0.2, 0) is 6.54 Å². The minimum Gasteiger partial charge on any atom is -0.322 e. The van der Waals surface area contributed by atoms with Gasteiger partial charge in [-0.25, -0.2) is 4.79 Å². The first-order chi connectivity index (χ1) is 13.3. The van der Waals surface area contributed by atoms with Crippen molar-refractivity contribution in [1.82, 2.24) is 19.6 Å². The lowest BCUT2D eigenvalue weighted by molar-refractivity contribution is 0.101. The average Bonchev–Trinajstić information content (AvgIpc) is 3.35. The van der Waals surface area contributed by atoms with Gasteiger partial charge in [-0.05, 0) is 49.2 Å². The quantitative estimate of drug-likeness (QED) is 0.705. The number of hydrogen-bond acceptors (Lipinski definition) is 4. The number of carbonyl (C=O) groups excluding carboxylic acids is 2. The number of nitrogens with zero attached hydrogens (tertiary/aromatic N) is 4. The van der Waals surface area contributed by atoms with Gasteiger partial charge in [0.25, 0.3) is 0 Å². The summed E-state index contributed by atoms with van der Waals surface area (Å²) in [5.74, 6) is -0.142. The van der Waals surface area contributed by atoms with Gasteiger partial charge in [0.2, 0.25) is 0 Å². The standard InChI is InChI=1S/C20H22Cl2N4O2/c1-14(27)18-2-5-26(23-18)19(28)25-7-4-20(13-25)3-6-24(12-20)11-15-8-16(21)10-17(22)9-15/h2,5,8-10H,3-4,6-7,11-13H2,1H3. The van der Waals surface area contributed by atoms with E-state index in [9.17, 15) is 9.59 Å². The van der Waals surface area contributed by atoms with E-state index in [1.54, 1.807) is 18.3 Å². The Morgan fingerprint density at radius 3 is 2.50 bits per heavy atom. The Labute approximate surface area is 174 Å². The molecule has 148 valence electrons. The highest BCUT2D eigenvalue weighted by atomic mass is 35.5. The van der Waals surface area contributed by atoms with E-state index in [-0.39, 0.29) is 17.2 Å². The second-order valence-corrected chi connectivity index (χ2v) is 8.77. The molecule has 2 fully saturated rings. The molecule has 0 aliphatic carbocycles. The molecule has 0 N–H and O–H groups in total. The molecule has 8 heteroatoms. The smallest absolute Gasteiger partial charge is 0.322 e. The first-order valence-electron chi connectivity index (χ1n) is 9.37. The molecule has 1 amide bonds. The topological polar surface area (TPSA) is 58.4 Å². The highest BCUT2D eigenvalue weighted by Gasteiger charge is 2.45. The van der Waals surface area contributed by atoms with Gasteiger partial charge in [0.05, 0.1) is 0 Å². The molecule has 2 aliphatic heterocycles. The molecular formula is C20H22Cl2N4O2. The molecule has 0 saturated carbocycles. The Hall–Kier alpha value is -1.89. The number of ketones is 1. The third-order valence-corrected chi connectivity index (χ3v) is 6.14. The number of halogens is 2. The number of amides is 1. The first kappa shape index (κ1) is 19.4. The van der Waals surface area contributed by atoms with Crippen LogP contribution in [0.25, 0.3) is 0 Å². The summed E-state index contributed by atoms with van der Waals surface area (Å²) in [4.78, 5) is 28.4. The molecule has 1 aromatic carbocycles. The van der Waals surface area contributed by atoms with E-state index in [0.717, 1.165) is 38.0 Å². The van der Waals surface area contributed by atoms with E-state index in [0.29, 0.717) is 28.8 Å². The average molecular weight is 421 g/mol. The second-order valence-electron chi connectivity index (χ2n) is 7.89. The third kappa shape index (κ3) is 3.95. The first-order valence-corrected chi connectivity index (χ1v) is 10.1. The van der Waals surface area contributed by atoms with E-state index < -0.39 is 0 Å². The lowest BCUT2D eigenvalue weighted by Gasteiger charge is -2.24. The molecule has 2 aromatic rings. The number of likely N-dealkylation sites (tertiary alicyclic amines) is 2. The normalized spacial score (nSPS) is 22.3. The zero-order valence-electron chi connectivity index (χ0n) is 15.7. The molecule has 1 atom stereocenters. The van der Waals surface area contributed by atoms with Gasteiger partial charge in [-0.1, -0.05) is 23.2 Å². The number of Topliss-reactive ketones (excluding diaryl/α,β-unsaturated/α-hetero) is 1. The molecule has 28 heavy (non-hydrogen) atoms. The van der Waals surface area contributed by atoms with Gasteiger partial charge < -0.3 is 4.90 Å². The van der Waals surface area contributed by atoms with Crippen LogP contribution in [0.5, 0.6) is 0 Å². The zero-order chi connectivity index (χ0) is 19.9. The van der Waals surface area contributed by atoms with E-state index >= 15 is 0 Å². The van der Waals surface area contributed by atoms with Gasteiger partial charge in [0.15, 0.2) is 5.78 Å². The van der Waals surface area contributed by atoms with Crippen LogP contribution in [0.15, 0.2) is 30.5 Å². The lowest BCUT2D eigenvalue weighted by Crippen LogP contribution is -2.36. The van der Waals surface area contributed by atoms with E-state index in [4.69, 9.17) is 23.2 Å². The zero-order valence-corrected chi connectivity index (χ0v) is 17.2. The van der Waals surface area contributed by atoms with Crippen LogP contribution in [0.2, 0.25) is 10.0 Å². The minimum absolute atomic E-state index is 0.120. The van der Waals surface area contributed by atoms with Crippen molar-refractivity contribution >= 4 is 35.0 Å². The van der Waals surface area contributed by atoms with Crippen molar-refractivity contribution in [3.63, 3.8) is 0 Å². The molecule has 0 radical (unpaired) electrons. The Balaban J connectivity index is 1.39. The van der Waals surface area contributed by atoms with Gasteiger partial charge in [-0.3, -0.25) is 9.69 Å². The predicted molar refractivity (Wildman–Crippen MR) is 108 cm³/mol. The summed E-state index contributed by atoms with van der Waals surface area (Å²) < 4.78 is 1.27. The minimum atomic E-state index is -0.163. The third-order valence-electron chi connectivity index (χ3n) is 5.70. The fourth-order valence-electron chi connectivity index (χ4n) is 4.32. The van der Waals surface area contributed by atoms with Gasteiger partial charge in [-0.15, -0.1) is 0 Å². The summed E-state index contributed by atoms with van der Waals surface area (Å²) in [6.07, 6.45) is 3.60. The summed E-state index contributed by atoms with van der Waals surface area (Å²) in [5, 5.41) is 5.40.